The molecule has 0 aliphatic heterocycles. The van der Waals surface area contributed by atoms with E-state index in [0.29, 0.717) is 21.9 Å². The number of methoxy groups -OCH3 is 1. The van der Waals surface area contributed by atoms with Crippen molar-refractivity contribution in [1.29, 1.82) is 0 Å². The first-order chi connectivity index (χ1) is 13.3. The summed E-state index contributed by atoms with van der Waals surface area (Å²) in [4.78, 5) is 18.1. The van der Waals surface area contributed by atoms with Crippen molar-refractivity contribution >= 4 is 22.4 Å². The number of aromatic nitrogens is 1. The molecule has 0 saturated heterocycles. The third-order valence-electron chi connectivity index (χ3n) is 7.22. The molecule has 2 aromatic rings. The van der Waals surface area contributed by atoms with Gasteiger partial charge in [0.25, 0.3) is 0 Å². The summed E-state index contributed by atoms with van der Waals surface area (Å²) >= 11 is 1.51. The first-order valence-electron chi connectivity index (χ1n) is 10.2. The molecule has 4 aliphatic carbocycles. The lowest BCUT2D eigenvalue weighted by Crippen LogP contribution is -2.58. The molecule has 2 unspecified atom stereocenters. The number of benzene rings is 1. The summed E-state index contributed by atoms with van der Waals surface area (Å²) in [6.07, 6.45) is 7.02. The lowest BCUT2D eigenvalue weighted by atomic mass is 9.40. The highest BCUT2D eigenvalue weighted by atomic mass is 32.1. The maximum atomic E-state index is 13.4. The third-order valence-corrected chi connectivity index (χ3v) is 7.98. The van der Waals surface area contributed by atoms with Crippen LogP contribution in [0.5, 0.6) is 5.75 Å². The predicted octanol–water partition coefficient (Wildman–Crippen LogP) is 5.75. The zero-order valence-electron chi connectivity index (χ0n) is 16.9. The second-order valence-corrected chi connectivity index (χ2v) is 11.0. The van der Waals surface area contributed by atoms with Crippen LogP contribution in [0.1, 0.15) is 52.4 Å². The molecular formula is C23H28N2O2S. The Kier molecular flexibility index (Phi) is 3.93. The molecule has 4 aliphatic rings. The predicted molar refractivity (Wildman–Crippen MR) is 113 cm³/mol. The first-order valence-corrected chi connectivity index (χ1v) is 11.1. The van der Waals surface area contributed by atoms with Crippen molar-refractivity contribution in [2.45, 2.75) is 52.4 Å². The molecule has 6 rings (SSSR count). The van der Waals surface area contributed by atoms with Gasteiger partial charge >= 0.3 is 0 Å². The molecular weight excluding hydrogens is 368 g/mol. The van der Waals surface area contributed by atoms with Gasteiger partial charge in [0.15, 0.2) is 5.13 Å². The van der Waals surface area contributed by atoms with E-state index in [9.17, 15) is 4.79 Å². The Balaban J connectivity index is 1.35. The van der Waals surface area contributed by atoms with Crippen LogP contribution in [-0.4, -0.2) is 18.0 Å². The van der Waals surface area contributed by atoms with Crippen LogP contribution in [-0.2, 0) is 4.79 Å². The van der Waals surface area contributed by atoms with Crippen LogP contribution in [0.15, 0.2) is 29.6 Å². The standard InChI is InChI=1S/C23H28N2O2S/c1-21-8-15-9-22(2,12-21)14-23(10-15,13-21)19(26)25-20-24-18(11-28-20)16-4-6-17(27-3)7-5-16/h4-7,11,15H,8-10,12-14H2,1-3H3,(H,24,25,26)/t15?,21-,22+,23?. The van der Waals surface area contributed by atoms with Gasteiger partial charge in [-0.1, -0.05) is 13.8 Å². The van der Waals surface area contributed by atoms with Gasteiger partial charge in [-0.05, 0) is 79.5 Å². The van der Waals surface area contributed by atoms with E-state index in [0.717, 1.165) is 36.3 Å². The molecule has 1 N–H and O–H groups in total. The van der Waals surface area contributed by atoms with Crippen molar-refractivity contribution in [2.75, 3.05) is 12.4 Å². The lowest BCUT2D eigenvalue weighted by Gasteiger charge is -2.64. The number of nitrogens with zero attached hydrogens (tertiary/aromatic N) is 1. The monoisotopic (exact) mass is 396 g/mol. The normalized spacial score (nSPS) is 35.8. The van der Waals surface area contributed by atoms with E-state index in [1.54, 1.807) is 7.11 Å². The quantitative estimate of drug-likeness (QED) is 0.715. The van der Waals surface area contributed by atoms with Gasteiger partial charge in [0.05, 0.1) is 18.2 Å². The topological polar surface area (TPSA) is 51.2 Å². The number of anilines is 1. The van der Waals surface area contributed by atoms with Crippen LogP contribution in [0.25, 0.3) is 11.3 Å². The molecule has 1 heterocycles. The van der Waals surface area contributed by atoms with E-state index in [2.05, 4.69) is 24.1 Å². The van der Waals surface area contributed by atoms with Gasteiger partial charge in [-0.2, -0.15) is 0 Å². The molecule has 0 radical (unpaired) electrons. The molecule has 4 bridgehead atoms. The Hall–Kier alpha value is -1.88. The number of hydrogen-bond acceptors (Lipinski definition) is 4. The van der Waals surface area contributed by atoms with E-state index in [1.807, 2.05) is 29.6 Å². The van der Waals surface area contributed by atoms with Crippen molar-refractivity contribution in [3.05, 3.63) is 29.6 Å². The lowest BCUT2D eigenvalue weighted by molar-refractivity contribution is -0.165. The Labute approximate surface area is 170 Å². The smallest absolute Gasteiger partial charge is 0.232 e. The van der Waals surface area contributed by atoms with E-state index >= 15 is 0 Å². The summed E-state index contributed by atoms with van der Waals surface area (Å²) in [6, 6.07) is 7.87. The molecule has 0 spiro atoms. The fraction of sp³-hybridized carbons (Fsp3) is 0.565. The van der Waals surface area contributed by atoms with E-state index in [4.69, 9.17) is 4.74 Å². The summed E-state index contributed by atoms with van der Waals surface area (Å²) in [5.74, 6) is 1.74. The van der Waals surface area contributed by atoms with Crippen LogP contribution in [0.3, 0.4) is 0 Å². The van der Waals surface area contributed by atoms with Gasteiger partial charge in [-0.3, -0.25) is 4.79 Å². The summed E-state index contributed by atoms with van der Waals surface area (Å²) < 4.78 is 5.22. The van der Waals surface area contributed by atoms with Crippen molar-refractivity contribution in [3.63, 3.8) is 0 Å². The Morgan fingerprint density at radius 1 is 1.11 bits per heavy atom. The molecule has 1 aromatic carbocycles. The Bertz CT molecular complexity index is 901. The maximum absolute atomic E-state index is 13.4. The maximum Gasteiger partial charge on any atom is 0.232 e. The summed E-state index contributed by atoms with van der Waals surface area (Å²) in [5.41, 5.74) is 2.40. The van der Waals surface area contributed by atoms with Gasteiger partial charge in [-0.25, -0.2) is 4.98 Å². The van der Waals surface area contributed by atoms with Gasteiger partial charge in [0.2, 0.25) is 5.91 Å². The van der Waals surface area contributed by atoms with Gasteiger partial charge in [0.1, 0.15) is 5.75 Å². The molecule has 1 amide bonds. The molecule has 148 valence electrons. The van der Waals surface area contributed by atoms with Crippen LogP contribution >= 0.6 is 11.3 Å². The highest BCUT2D eigenvalue weighted by molar-refractivity contribution is 7.14. The van der Waals surface area contributed by atoms with Crippen molar-refractivity contribution < 1.29 is 9.53 Å². The van der Waals surface area contributed by atoms with Crippen molar-refractivity contribution in [2.24, 2.45) is 22.2 Å². The van der Waals surface area contributed by atoms with Crippen LogP contribution in [0.2, 0.25) is 0 Å². The van der Waals surface area contributed by atoms with Crippen LogP contribution in [0.4, 0.5) is 5.13 Å². The number of carbonyl (C=O) groups excluding carboxylic acids is 1. The summed E-state index contributed by atoms with van der Waals surface area (Å²) in [7, 11) is 1.66. The molecule has 1 aromatic heterocycles. The largest absolute Gasteiger partial charge is 0.497 e. The molecule has 4 nitrogen and oxygen atoms in total. The zero-order chi connectivity index (χ0) is 19.6. The minimum absolute atomic E-state index is 0.199. The summed E-state index contributed by atoms with van der Waals surface area (Å²) in [5, 5.41) is 5.91. The second-order valence-electron chi connectivity index (χ2n) is 10.1. The number of ether oxygens (including phenoxy) is 1. The Morgan fingerprint density at radius 2 is 1.79 bits per heavy atom. The number of rotatable bonds is 4. The average Bonchev–Trinajstić information content (AvgIpc) is 3.07. The van der Waals surface area contributed by atoms with Gasteiger partial charge < -0.3 is 10.1 Å². The van der Waals surface area contributed by atoms with Crippen molar-refractivity contribution in [1.82, 2.24) is 4.98 Å². The molecule has 5 heteroatoms. The average molecular weight is 397 g/mol. The van der Waals surface area contributed by atoms with E-state index in [-0.39, 0.29) is 11.3 Å². The minimum atomic E-state index is -0.200. The van der Waals surface area contributed by atoms with E-state index in [1.165, 1.54) is 30.6 Å². The molecule has 28 heavy (non-hydrogen) atoms. The third kappa shape index (κ3) is 2.95. The number of nitrogens with one attached hydrogen (secondary N) is 1. The highest BCUT2D eigenvalue weighted by Gasteiger charge is 2.62. The molecule has 4 fully saturated rings. The molecule has 4 saturated carbocycles. The second kappa shape index (κ2) is 6.06. The minimum Gasteiger partial charge on any atom is -0.497 e. The van der Waals surface area contributed by atoms with Crippen LogP contribution < -0.4 is 10.1 Å². The number of carbonyl (C=O) groups is 1. The fourth-order valence-corrected chi connectivity index (χ4v) is 7.87. The number of amides is 1. The van der Waals surface area contributed by atoms with Gasteiger partial charge in [0, 0.05) is 10.9 Å². The fourth-order valence-electron chi connectivity index (χ4n) is 7.16. The van der Waals surface area contributed by atoms with Gasteiger partial charge in [-0.15, -0.1) is 11.3 Å². The first kappa shape index (κ1) is 18.2. The SMILES string of the molecule is COc1ccc(-c2csc(NC(=O)C34CC5C[C@@](C)(C3)C[C@](C)(C5)C4)n2)cc1. The number of thiazole rings is 1. The highest BCUT2D eigenvalue weighted by Crippen LogP contribution is 2.69. The van der Waals surface area contributed by atoms with Crippen molar-refractivity contribution in [3.8, 4) is 17.0 Å². The van der Waals surface area contributed by atoms with Crippen LogP contribution in [0, 0.1) is 22.2 Å². The summed E-state index contributed by atoms with van der Waals surface area (Å²) in [6.45, 7) is 4.81. The Morgan fingerprint density at radius 3 is 2.39 bits per heavy atom. The zero-order valence-corrected chi connectivity index (χ0v) is 17.7. The van der Waals surface area contributed by atoms with E-state index < -0.39 is 0 Å². The molecule has 4 atom stereocenters. The number of hydrogen-bond donors (Lipinski definition) is 1.